The summed E-state index contributed by atoms with van der Waals surface area (Å²) in [4.78, 5) is 16.7. The second-order valence-corrected chi connectivity index (χ2v) is 7.88. The molecule has 0 aromatic carbocycles. The molecule has 0 saturated carbocycles. The normalized spacial score (nSPS) is 19.4. The van der Waals surface area contributed by atoms with Crippen molar-refractivity contribution < 1.29 is 13.2 Å². The molecule has 1 unspecified atom stereocenters. The molecule has 0 radical (unpaired) electrons. The number of aryl methyl sites for hydroxylation is 1. The minimum atomic E-state index is -3.62. The van der Waals surface area contributed by atoms with Crippen molar-refractivity contribution in [3.8, 4) is 0 Å². The number of carbonyl (C=O) groups excluding carboxylic acids is 1. The lowest BCUT2D eigenvalue weighted by atomic mass is 10.1. The number of hydrogen-bond donors (Lipinski definition) is 2. The quantitative estimate of drug-likeness (QED) is 0.792. The Hall–Kier alpha value is -1.90. The summed E-state index contributed by atoms with van der Waals surface area (Å²) in [6.45, 7) is 1.81. The van der Waals surface area contributed by atoms with Crippen molar-refractivity contribution in [2.45, 2.75) is 30.7 Å². The number of fused-ring (bicyclic) bond motifs is 1. The number of sulfonamides is 1. The molecular formula is C15H17ClN4O3S. The van der Waals surface area contributed by atoms with Crippen molar-refractivity contribution in [1.29, 1.82) is 0 Å². The van der Waals surface area contributed by atoms with Gasteiger partial charge in [-0.05, 0) is 31.9 Å². The number of amides is 1. The predicted octanol–water partition coefficient (Wildman–Crippen LogP) is 1.94. The number of rotatable bonds is 2. The molecule has 1 atom stereocenters. The monoisotopic (exact) mass is 368 g/mol. The predicted molar refractivity (Wildman–Crippen MR) is 90.7 cm³/mol. The van der Waals surface area contributed by atoms with Gasteiger partial charge < -0.3 is 9.88 Å². The summed E-state index contributed by atoms with van der Waals surface area (Å²) >= 11 is 5.82. The molecule has 3 heterocycles. The largest absolute Gasteiger partial charge is 0.345 e. The average Bonchev–Trinajstić information content (AvgIpc) is 2.77. The molecule has 2 N–H and O–H groups in total. The number of hydrogen-bond acceptors (Lipinski definition) is 4. The summed E-state index contributed by atoms with van der Waals surface area (Å²) in [6.07, 6.45) is 4.09. The van der Waals surface area contributed by atoms with E-state index in [2.05, 4.69) is 15.0 Å². The van der Waals surface area contributed by atoms with Crippen LogP contribution in [0.3, 0.4) is 0 Å². The average molecular weight is 369 g/mol. The van der Waals surface area contributed by atoms with Gasteiger partial charge in [0, 0.05) is 36.7 Å². The third-order valence-corrected chi connectivity index (χ3v) is 5.77. The van der Waals surface area contributed by atoms with Crippen molar-refractivity contribution in [2.75, 3.05) is 5.32 Å². The number of nitrogens with zero attached hydrogens (tertiary/aromatic N) is 2. The van der Waals surface area contributed by atoms with Gasteiger partial charge in [0.1, 0.15) is 15.7 Å². The molecule has 0 fully saturated rings. The molecule has 2 aromatic rings. The van der Waals surface area contributed by atoms with E-state index in [0.717, 1.165) is 0 Å². The molecular weight excluding hydrogens is 352 g/mol. The molecule has 24 heavy (non-hydrogen) atoms. The third-order valence-electron chi connectivity index (χ3n) is 3.92. The molecule has 0 bridgehead atoms. The first kappa shape index (κ1) is 16.9. The van der Waals surface area contributed by atoms with Gasteiger partial charge >= 0.3 is 0 Å². The highest BCUT2D eigenvalue weighted by Crippen LogP contribution is 2.27. The molecule has 3 rings (SSSR count). The summed E-state index contributed by atoms with van der Waals surface area (Å²) in [5, 5.41) is 3.00. The van der Waals surface area contributed by atoms with E-state index in [4.69, 9.17) is 11.6 Å². The van der Waals surface area contributed by atoms with Gasteiger partial charge in [-0.25, -0.2) is 18.1 Å². The number of anilines is 1. The van der Waals surface area contributed by atoms with Crippen LogP contribution >= 0.6 is 11.6 Å². The smallest absolute Gasteiger partial charge is 0.272 e. The van der Waals surface area contributed by atoms with E-state index in [9.17, 15) is 13.2 Å². The molecule has 0 saturated heterocycles. The second kappa shape index (κ2) is 6.19. The molecule has 0 spiro atoms. The van der Waals surface area contributed by atoms with E-state index >= 15 is 0 Å². The van der Waals surface area contributed by atoms with E-state index in [0.29, 0.717) is 29.8 Å². The molecule has 7 nitrogen and oxygen atoms in total. The molecule has 1 amide bonds. The molecule has 1 aliphatic heterocycles. The molecule has 128 valence electrons. The van der Waals surface area contributed by atoms with Gasteiger partial charge in [-0.15, -0.1) is 0 Å². The van der Waals surface area contributed by atoms with Crippen LogP contribution < -0.4 is 10.0 Å². The van der Waals surface area contributed by atoms with E-state index in [-0.39, 0.29) is 22.0 Å². The minimum Gasteiger partial charge on any atom is -0.345 e. The summed E-state index contributed by atoms with van der Waals surface area (Å²) in [5.41, 5.74) is 1.36. The number of pyridine rings is 1. The SMILES string of the molecule is CC1CCc2c(cn(C)c2C(=O)Nc2ccnc(Cl)c2)S(=O)(=O)N1. The van der Waals surface area contributed by atoms with E-state index in [1.807, 2.05) is 6.92 Å². The maximum Gasteiger partial charge on any atom is 0.272 e. The fourth-order valence-electron chi connectivity index (χ4n) is 2.84. The maximum atomic E-state index is 12.7. The zero-order chi connectivity index (χ0) is 17.5. The van der Waals surface area contributed by atoms with Gasteiger partial charge in [-0.1, -0.05) is 11.6 Å². The number of carbonyl (C=O) groups is 1. The van der Waals surface area contributed by atoms with Gasteiger partial charge in [-0.3, -0.25) is 4.79 Å². The first-order valence-corrected chi connectivity index (χ1v) is 9.27. The minimum absolute atomic E-state index is 0.160. The summed E-state index contributed by atoms with van der Waals surface area (Å²) in [6, 6.07) is 2.97. The molecule has 2 aromatic heterocycles. The summed E-state index contributed by atoms with van der Waals surface area (Å²) in [7, 11) is -1.97. The van der Waals surface area contributed by atoms with Gasteiger partial charge in [-0.2, -0.15) is 0 Å². The Balaban J connectivity index is 2.00. The van der Waals surface area contributed by atoms with Crippen LogP contribution in [0.2, 0.25) is 5.15 Å². The van der Waals surface area contributed by atoms with E-state index < -0.39 is 10.0 Å². The lowest BCUT2D eigenvalue weighted by Gasteiger charge is -2.10. The van der Waals surface area contributed by atoms with Crippen LogP contribution in [0.5, 0.6) is 0 Å². The van der Waals surface area contributed by atoms with Crippen LogP contribution in [0.1, 0.15) is 29.4 Å². The highest BCUT2D eigenvalue weighted by Gasteiger charge is 2.31. The molecule has 9 heteroatoms. The number of halogens is 1. The Morgan fingerprint density at radius 3 is 2.96 bits per heavy atom. The zero-order valence-corrected chi connectivity index (χ0v) is 14.8. The van der Waals surface area contributed by atoms with Crippen molar-refractivity contribution in [3.63, 3.8) is 0 Å². The highest BCUT2D eigenvalue weighted by molar-refractivity contribution is 7.89. The zero-order valence-electron chi connectivity index (χ0n) is 13.2. The van der Waals surface area contributed by atoms with Crippen LogP contribution in [-0.4, -0.2) is 29.9 Å². The van der Waals surface area contributed by atoms with Crippen molar-refractivity contribution >= 4 is 33.2 Å². The number of aromatic nitrogens is 2. The topological polar surface area (TPSA) is 93.1 Å². The number of nitrogens with one attached hydrogen (secondary N) is 2. The van der Waals surface area contributed by atoms with Crippen LogP contribution in [0.4, 0.5) is 5.69 Å². The standard InChI is InChI=1S/C15H17ClN4O3S/c1-9-3-4-11-12(24(22,23)19-9)8-20(2)14(11)15(21)18-10-5-6-17-13(16)7-10/h5-9,19H,3-4H2,1-2H3,(H,17,18,21). The van der Waals surface area contributed by atoms with Crippen LogP contribution in [0.15, 0.2) is 29.4 Å². The lowest BCUT2D eigenvalue weighted by Crippen LogP contribution is -2.30. The first-order chi connectivity index (χ1) is 11.3. The lowest BCUT2D eigenvalue weighted by molar-refractivity contribution is 0.101. The maximum absolute atomic E-state index is 12.7. The fraction of sp³-hybridized carbons (Fsp3) is 0.333. The Bertz CT molecular complexity index is 907. The Labute approximate surface area is 145 Å². The van der Waals surface area contributed by atoms with Crippen LogP contribution in [0, 0.1) is 0 Å². The second-order valence-electron chi connectivity index (χ2n) is 5.81. The van der Waals surface area contributed by atoms with Gasteiger partial charge in [0.15, 0.2) is 0 Å². The fourth-order valence-corrected chi connectivity index (χ4v) is 4.61. The Kier molecular flexibility index (Phi) is 4.37. The summed E-state index contributed by atoms with van der Waals surface area (Å²) in [5.74, 6) is -0.384. The summed E-state index contributed by atoms with van der Waals surface area (Å²) < 4.78 is 29.0. The van der Waals surface area contributed by atoms with E-state index in [1.165, 1.54) is 23.0 Å². The first-order valence-electron chi connectivity index (χ1n) is 7.41. The van der Waals surface area contributed by atoms with Crippen LogP contribution in [-0.2, 0) is 23.5 Å². The van der Waals surface area contributed by atoms with Crippen molar-refractivity contribution in [2.24, 2.45) is 7.05 Å². The highest BCUT2D eigenvalue weighted by atomic mass is 35.5. The molecule has 1 aliphatic rings. The van der Waals surface area contributed by atoms with Crippen LogP contribution in [0.25, 0.3) is 0 Å². The Morgan fingerprint density at radius 2 is 2.25 bits per heavy atom. The van der Waals surface area contributed by atoms with Crippen molar-refractivity contribution in [1.82, 2.24) is 14.3 Å². The van der Waals surface area contributed by atoms with Crippen molar-refractivity contribution in [3.05, 3.63) is 40.9 Å². The third kappa shape index (κ3) is 3.17. The van der Waals surface area contributed by atoms with Gasteiger partial charge in [0.05, 0.1) is 0 Å². The van der Waals surface area contributed by atoms with Gasteiger partial charge in [0.2, 0.25) is 10.0 Å². The Morgan fingerprint density at radius 1 is 1.50 bits per heavy atom. The molecule has 0 aliphatic carbocycles. The van der Waals surface area contributed by atoms with E-state index in [1.54, 1.807) is 13.1 Å². The van der Waals surface area contributed by atoms with Gasteiger partial charge in [0.25, 0.3) is 5.91 Å².